The minimum absolute atomic E-state index is 0.482. The number of hydrogen-bond acceptors (Lipinski definition) is 3. The maximum absolute atomic E-state index is 5.86. The summed E-state index contributed by atoms with van der Waals surface area (Å²) in [6.45, 7) is 2.04. The molecule has 0 atom stereocenters. The Morgan fingerprint density at radius 1 is 1.31 bits per heavy atom. The van der Waals surface area contributed by atoms with Crippen molar-refractivity contribution < 1.29 is 0 Å². The van der Waals surface area contributed by atoms with E-state index in [1.54, 1.807) is 0 Å². The average Bonchev–Trinajstić information content (AvgIpc) is 2.51. The molecule has 0 N–H and O–H groups in total. The number of hydrogen-bond donors (Lipinski definition) is 0. The summed E-state index contributed by atoms with van der Waals surface area (Å²) in [4.78, 5) is 0. The van der Waals surface area contributed by atoms with Crippen LogP contribution in [0.4, 0.5) is 0 Å². The average molecular weight is 211 g/mol. The highest BCUT2D eigenvalue weighted by molar-refractivity contribution is 6.99. The molecule has 0 bridgehead atoms. The van der Waals surface area contributed by atoms with Crippen LogP contribution in [0.1, 0.15) is 5.56 Å². The van der Waals surface area contributed by atoms with Crippen molar-refractivity contribution in [1.82, 2.24) is 8.75 Å². The first kappa shape index (κ1) is 8.66. The molecule has 2 nitrogen and oxygen atoms in total. The van der Waals surface area contributed by atoms with Crippen molar-refractivity contribution in [3.63, 3.8) is 0 Å². The minimum atomic E-state index is 0.482. The van der Waals surface area contributed by atoms with E-state index in [4.69, 9.17) is 11.6 Å². The lowest BCUT2D eigenvalue weighted by Gasteiger charge is -1.97. The Kier molecular flexibility index (Phi) is 2.29. The van der Waals surface area contributed by atoms with Gasteiger partial charge in [0.2, 0.25) is 0 Å². The highest BCUT2D eigenvalue weighted by Gasteiger charge is 2.07. The van der Waals surface area contributed by atoms with E-state index in [1.165, 1.54) is 5.56 Å². The first-order valence-electron chi connectivity index (χ1n) is 3.82. The summed E-state index contributed by atoms with van der Waals surface area (Å²) in [6, 6.07) is 8.05. The summed E-state index contributed by atoms with van der Waals surface area (Å²) in [5.41, 5.74) is 3.00. The highest BCUT2D eigenvalue weighted by Crippen LogP contribution is 2.25. The van der Waals surface area contributed by atoms with Gasteiger partial charge in [-0.2, -0.15) is 8.75 Å². The standard InChI is InChI=1S/C9H7ClN2S/c1-6-3-2-4-7(5-6)8-9(10)12-13-11-8/h2-5H,1H3. The van der Waals surface area contributed by atoms with Gasteiger partial charge in [0.25, 0.3) is 0 Å². The van der Waals surface area contributed by atoms with Gasteiger partial charge >= 0.3 is 0 Å². The van der Waals surface area contributed by atoms with Gasteiger partial charge in [-0.25, -0.2) is 0 Å². The molecule has 0 spiro atoms. The Hall–Kier alpha value is -0.930. The molecule has 4 heteroatoms. The lowest BCUT2D eigenvalue weighted by atomic mass is 10.1. The number of halogens is 1. The molecule has 0 amide bonds. The summed E-state index contributed by atoms with van der Waals surface area (Å²) < 4.78 is 8.04. The molecule has 0 saturated heterocycles. The molecule has 0 fully saturated rings. The largest absolute Gasteiger partial charge is 0.171 e. The van der Waals surface area contributed by atoms with Crippen LogP contribution >= 0.6 is 23.3 Å². The Morgan fingerprint density at radius 3 is 2.77 bits per heavy atom. The van der Waals surface area contributed by atoms with Crippen LogP contribution in [0.15, 0.2) is 24.3 Å². The van der Waals surface area contributed by atoms with Crippen LogP contribution < -0.4 is 0 Å². The van der Waals surface area contributed by atoms with E-state index in [1.807, 2.05) is 31.2 Å². The minimum Gasteiger partial charge on any atom is -0.171 e. The van der Waals surface area contributed by atoms with Gasteiger partial charge in [-0.15, -0.1) is 0 Å². The monoisotopic (exact) mass is 210 g/mol. The van der Waals surface area contributed by atoms with E-state index in [2.05, 4.69) is 8.75 Å². The maximum Gasteiger partial charge on any atom is 0.170 e. The van der Waals surface area contributed by atoms with Crippen LogP contribution in [-0.2, 0) is 0 Å². The molecule has 1 aromatic carbocycles. The van der Waals surface area contributed by atoms with Crippen LogP contribution in [0, 0.1) is 6.92 Å². The second-order valence-corrected chi connectivity index (χ2v) is 3.66. The summed E-state index contributed by atoms with van der Waals surface area (Å²) in [6.07, 6.45) is 0. The Balaban J connectivity index is 2.53. The van der Waals surface area contributed by atoms with E-state index in [0.717, 1.165) is 23.0 Å². The van der Waals surface area contributed by atoms with Crippen molar-refractivity contribution in [3.8, 4) is 11.3 Å². The van der Waals surface area contributed by atoms with Gasteiger partial charge in [-0.1, -0.05) is 35.4 Å². The normalized spacial score (nSPS) is 10.3. The fraction of sp³-hybridized carbons (Fsp3) is 0.111. The van der Waals surface area contributed by atoms with Crippen LogP contribution in [0.2, 0.25) is 5.15 Å². The molecular weight excluding hydrogens is 204 g/mol. The number of benzene rings is 1. The fourth-order valence-electron chi connectivity index (χ4n) is 1.14. The molecule has 0 radical (unpaired) electrons. The third kappa shape index (κ3) is 1.71. The van der Waals surface area contributed by atoms with Gasteiger partial charge in [-0.3, -0.25) is 0 Å². The fourth-order valence-corrected chi connectivity index (χ4v) is 1.91. The van der Waals surface area contributed by atoms with E-state index < -0.39 is 0 Å². The topological polar surface area (TPSA) is 25.8 Å². The Labute approximate surface area is 85.5 Å². The Morgan fingerprint density at radius 2 is 2.15 bits per heavy atom. The summed E-state index contributed by atoms with van der Waals surface area (Å²) in [5, 5.41) is 0.482. The second-order valence-electron chi connectivity index (χ2n) is 2.77. The smallest absolute Gasteiger partial charge is 0.170 e. The predicted octanol–water partition coefficient (Wildman–Crippen LogP) is 3.17. The van der Waals surface area contributed by atoms with E-state index >= 15 is 0 Å². The van der Waals surface area contributed by atoms with Gasteiger partial charge in [0.1, 0.15) is 5.69 Å². The van der Waals surface area contributed by atoms with Gasteiger partial charge < -0.3 is 0 Å². The van der Waals surface area contributed by atoms with Crippen molar-refractivity contribution in [2.45, 2.75) is 6.92 Å². The van der Waals surface area contributed by atoms with Gasteiger partial charge in [-0.05, 0) is 13.0 Å². The number of aryl methyl sites for hydroxylation is 1. The molecule has 0 aliphatic carbocycles. The lowest BCUT2D eigenvalue weighted by Crippen LogP contribution is -1.79. The molecular formula is C9H7ClN2S. The zero-order chi connectivity index (χ0) is 9.26. The van der Waals surface area contributed by atoms with Gasteiger partial charge in [0.05, 0.1) is 11.7 Å². The lowest BCUT2D eigenvalue weighted by molar-refractivity contribution is 1.43. The van der Waals surface area contributed by atoms with Crippen molar-refractivity contribution >= 4 is 23.3 Å². The molecule has 1 heterocycles. The quantitative estimate of drug-likeness (QED) is 0.723. The zero-order valence-corrected chi connectivity index (χ0v) is 8.56. The van der Waals surface area contributed by atoms with E-state index in [9.17, 15) is 0 Å². The summed E-state index contributed by atoms with van der Waals surface area (Å²) >= 11 is 7.00. The molecule has 1 aromatic heterocycles. The van der Waals surface area contributed by atoms with Crippen molar-refractivity contribution in [3.05, 3.63) is 35.0 Å². The van der Waals surface area contributed by atoms with E-state index in [0.29, 0.717) is 5.15 Å². The van der Waals surface area contributed by atoms with Gasteiger partial charge in [0, 0.05) is 5.56 Å². The molecule has 0 unspecified atom stereocenters. The second kappa shape index (κ2) is 3.44. The molecule has 66 valence electrons. The van der Waals surface area contributed by atoms with Crippen LogP contribution in [0.5, 0.6) is 0 Å². The molecule has 2 aromatic rings. The summed E-state index contributed by atoms with van der Waals surface area (Å²) in [5.74, 6) is 0. The first-order valence-corrected chi connectivity index (χ1v) is 4.93. The van der Waals surface area contributed by atoms with Crippen LogP contribution in [0.3, 0.4) is 0 Å². The molecule has 2 rings (SSSR count). The van der Waals surface area contributed by atoms with Gasteiger partial charge in [0.15, 0.2) is 5.15 Å². The van der Waals surface area contributed by atoms with Crippen LogP contribution in [-0.4, -0.2) is 8.75 Å². The zero-order valence-electron chi connectivity index (χ0n) is 6.99. The van der Waals surface area contributed by atoms with Crippen LogP contribution in [0.25, 0.3) is 11.3 Å². The van der Waals surface area contributed by atoms with Crippen molar-refractivity contribution in [1.29, 1.82) is 0 Å². The molecule has 0 aliphatic heterocycles. The number of nitrogens with zero attached hydrogens (tertiary/aromatic N) is 2. The SMILES string of the molecule is Cc1cccc(-c2nsnc2Cl)c1. The molecule has 0 saturated carbocycles. The third-order valence-corrected chi connectivity index (χ3v) is 2.63. The molecule has 13 heavy (non-hydrogen) atoms. The van der Waals surface area contributed by atoms with Crippen molar-refractivity contribution in [2.75, 3.05) is 0 Å². The van der Waals surface area contributed by atoms with E-state index in [-0.39, 0.29) is 0 Å². The third-order valence-electron chi connectivity index (χ3n) is 1.74. The highest BCUT2D eigenvalue weighted by atomic mass is 35.5. The van der Waals surface area contributed by atoms with Crippen molar-refractivity contribution in [2.24, 2.45) is 0 Å². The number of aromatic nitrogens is 2. The molecule has 0 aliphatic rings. The maximum atomic E-state index is 5.86. The number of rotatable bonds is 1. The predicted molar refractivity (Wildman–Crippen MR) is 55.1 cm³/mol. The first-order chi connectivity index (χ1) is 6.27. The summed E-state index contributed by atoms with van der Waals surface area (Å²) in [7, 11) is 0. The Bertz CT molecular complexity index is 425.